The maximum atomic E-state index is 11.8. The number of rotatable bonds is 3. The van der Waals surface area contributed by atoms with Gasteiger partial charge in [-0.25, -0.2) is 4.79 Å². The number of nitrogens with zero attached hydrogens (tertiary/aromatic N) is 2. The van der Waals surface area contributed by atoms with Gasteiger partial charge in [-0.3, -0.25) is 0 Å². The zero-order valence-corrected chi connectivity index (χ0v) is 12.2. The van der Waals surface area contributed by atoms with Crippen molar-refractivity contribution < 1.29 is 9.53 Å². The molecule has 6 heteroatoms. The number of aromatic nitrogens is 3. The van der Waals surface area contributed by atoms with Crippen LogP contribution in [0.2, 0.25) is 0 Å². The molecule has 18 heavy (non-hydrogen) atoms. The van der Waals surface area contributed by atoms with Gasteiger partial charge >= 0.3 is 5.97 Å². The van der Waals surface area contributed by atoms with Crippen molar-refractivity contribution >= 4 is 28.6 Å². The SMILES string of the molecule is CCOC(=O)c1n[nH]nc1-c1c(C)cccc1I. The number of carbonyl (C=O) groups is 1. The zero-order chi connectivity index (χ0) is 13.1. The zero-order valence-electron chi connectivity index (χ0n) is 10.0. The second kappa shape index (κ2) is 5.47. The monoisotopic (exact) mass is 357 g/mol. The van der Waals surface area contributed by atoms with E-state index in [1.807, 2.05) is 25.1 Å². The fourth-order valence-corrected chi connectivity index (χ4v) is 2.57. The average molecular weight is 357 g/mol. The molecule has 2 aromatic rings. The van der Waals surface area contributed by atoms with Crippen LogP contribution in [0.5, 0.6) is 0 Å². The van der Waals surface area contributed by atoms with Gasteiger partial charge in [0.15, 0.2) is 5.69 Å². The van der Waals surface area contributed by atoms with Crippen molar-refractivity contribution in [3.63, 3.8) is 0 Å². The number of aryl methyl sites for hydroxylation is 1. The molecule has 0 radical (unpaired) electrons. The van der Waals surface area contributed by atoms with Crippen LogP contribution < -0.4 is 0 Å². The molecule has 94 valence electrons. The Hall–Kier alpha value is -1.44. The molecule has 0 saturated heterocycles. The van der Waals surface area contributed by atoms with E-state index in [1.54, 1.807) is 6.92 Å². The molecule has 0 spiro atoms. The van der Waals surface area contributed by atoms with Crippen LogP contribution in [-0.4, -0.2) is 28.0 Å². The van der Waals surface area contributed by atoms with Gasteiger partial charge in [-0.05, 0) is 48.1 Å². The van der Waals surface area contributed by atoms with E-state index in [1.165, 1.54) is 0 Å². The van der Waals surface area contributed by atoms with E-state index < -0.39 is 5.97 Å². The van der Waals surface area contributed by atoms with Crippen molar-refractivity contribution in [2.45, 2.75) is 13.8 Å². The van der Waals surface area contributed by atoms with Crippen molar-refractivity contribution in [1.29, 1.82) is 0 Å². The summed E-state index contributed by atoms with van der Waals surface area (Å²) in [7, 11) is 0. The summed E-state index contributed by atoms with van der Waals surface area (Å²) in [5.74, 6) is -0.458. The van der Waals surface area contributed by atoms with E-state index in [0.717, 1.165) is 14.7 Å². The summed E-state index contributed by atoms with van der Waals surface area (Å²) in [5.41, 5.74) is 2.72. The van der Waals surface area contributed by atoms with Gasteiger partial charge in [-0.2, -0.15) is 10.3 Å². The summed E-state index contributed by atoms with van der Waals surface area (Å²) >= 11 is 2.21. The van der Waals surface area contributed by atoms with E-state index in [9.17, 15) is 4.79 Å². The van der Waals surface area contributed by atoms with Gasteiger partial charge in [0, 0.05) is 9.13 Å². The average Bonchev–Trinajstić information content (AvgIpc) is 2.78. The number of ether oxygens (including phenoxy) is 1. The lowest BCUT2D eigenvalue weighted by atomic mass is 10.0. The highest BCUT2D eigenvalue weighted by atomic mass is 127. The predicted molar refractivity (Wildman–Crippen MR) is 75.2 cm³/mol. The molecule has 2 rings (SSSR count). The van der Waals surface area contributed by atoms with Gasteiger partial charge in [-0.1, -0.05) is 12.1 Å². The Bertz CT molecular complexity index is 560. The standard InChI is InChI=1S/C12H12IN3O2/c1-3-18-12(17)11-10(14-16-15-11)9-7(2)5-4-6-8(9)13/h4-6H,3H2,1-2H3,(H,14,15,16). The molecule has 0 aliphatic carbocycles. The first kappa shape index (κ1) is 13.0. The van der Waals surface area contributed by atoms with E-state index in [4.69, 9.17) is 4.74 Å². The normalized spacial score (nSPS) is 10.4. The Balaban J connectivity index is 2.52. The van der Waals surface area contributed by atoms with E-state index in [0.29, 0.717) is 12.3 Å². The molecule has 1 aromatic heterocycles. The highest BCUT2D eigenvalue weighted by Gasteiger charge is 2.21. The van der Waals surface area contributed by atoms with Crippen LogP contribution >= 0.6 is 22.6 Å². The van der Waals surface area contributed by atoms with Crippen LogP contribution in [-0.2, 0) is 4.74 Å². The minimum atomic E-state index is -0.458. The first-order valence-corrected chi connectivity index (χ1v) is 6.56. The molecular weight excluding hydrogens is 345 g/mol. The van der Waals surface area contributed by atoms with Gasteiger partial charge in [-0.15, -0.1) is 5.10 Å². The molecular formula is C12H12IN3O2. The van der Waals surface area contributed by atoms with Crippen LogP contribution in [0.15, 0.2) is 18.2 Å². The lowest BCUT2D eigenvalue weighted by Crippen LogP contribution is -2.07. The Kier molecular flexibility index (Phi) is 3.95. The van der Waals surface area contributed by atoms with Crippen molar-refractivity contribution in [3.05, 3.63) is 33.0 Å². The molecule has 0 unspecified atom stereocenters. The highest BCUT2D eigenvalue weighted by molar-refractivity contribution is 14.1. The van der Waals surface area contributed by atoms with Crippen LogP contribution in [0, 0.1) is 10.5 Å². The van der Waals surface area contributed by atoms with Crippen LogP contribution in [0.4, 0.5) is 0 Å². The van der Waals surface area contributed by atoms with Crippen LogP contribution in [0.1, 0.15) is 23.0 Å². The van der Waals surface area contributed by atoms with Gasteiger partial charge < -0.3 is 4.74 Å². The summed E-state index contributed by atoms with van der Waals surface area (Å²) in [5, 5.41) is 10.4. The number of carbonyl (C=O) groups excluding carboxylic acids is 1. The first-order chi connectivity index (χ1) is 8.65. The third-order valence-corrected chi connectivity index (χ3v) is 3.37. The molecule has 0 aliphatic rings. The molecule has 0 saturated carbocycles. The fourth-order valence-electron chi connectivity index (χ4n) is 1.68. The predicted octanol–water partition coefficient (Wildman–Crippen LogP) is 2.56. The van der Waals surface area contributed by atoms with E-state index in [2.05, 4.69) is 38.0 Å². The van der Waals surface area contributed by atoms with E-state index >= 15 is 0 Å². The Morgan fingerprint density at radius 2 is 2.22 bits per heavy atom. The van der Waals surface area contributed by atoms with Gasteiger partial charge in [0.2, 0.25) is 0 Å². The lowest BCUT2D eigenvalue weighted by Gasteiger charge is -2.06. The molecule has 0 amide bonds. The number of H-pyrrole nitrogens is 1. The largest absolute Gasteiger partial charge is 0.461 e. The molecule has 0 bridgehead atoms. The minimum absolute atomic E-state index is 0.226. The Labute approximate surface area is 118 Å². The Morgan fingerprint density at radius 1 is 1.44 bits per heavy atom. The third-order valence-electron chi connectivity index (χ3n) is 2.48. The number of aromatic amines is 1. The van der Waals surface area contributed by atoms with Crippen LogP contribution in [0.25, 0.3) is 11.3 Å². The number of hydrogen-bond donors (Lipinski definition) is 1. The van der Waals surface area contributed by atoms with Gasteiger partial charge in [0.05, 0.1) is 6.61 Å². The van der Waals surface area contributed by atoms with Crippen molar-refractivity contribution in [2.75, 3.05) is 6.61 Å². The second-order valence-corrected chi connectivity index (χ2v) is 4.84. The molecule has 5 nitrogen and oxygen atoms in total. The van der Waals surface area contributed by atoms with Gasteiger partial charge in [0.1, 0.15) is 5.69 Å². The highest BCUT2D eigenvalue weighted by Crippen LogP contribution is 2.28. The fraction of sp³-hybridized carbons (Fsp3) is 0.250. The molecule has 0 fully saturated rings. The lowest BCUT2D eigenvalue weighted by molar-refractivity contribution is 0.0520. The van der Waals surface area contributed by atoms with Crippen molar-refractivity contribution in [1.82, 2.24) is 15.4 Å². The van der Waals surface area contributed by atoms with Crippen molar-refractivity contribution in [2.24, 2.45) is 0 Å². The molecule has 1 heterocycles. The molecule has 1 N–H and O–H groups in total. The van der Waals surface area contributed by atoms with Crippen LogP contribution in [0.3, 0.4) is 0 Å². The number of benzene rings is 1. The number of esters is 1. The summed E-state index contributed by atoms with van der Waals surface area (Å²) in [6.07, 6.45) is 0. The second-order valence-electron chi connectivity index (χ2n) is 3.67. The van der Waals surface area contributed by atoms with Crippen molar-refractivity contribution in [3.8, 4) is 11.3 Å². The molecule has 0 aliphatic heterocycles. The third kappa shape index (κ3) is 2.38. The van der Waals surface area contributed by atoms with E-state index in [-0.39, 0.29) is 5.69 Å². The minimum Gasteiger partial charge on any atom is -0.461 e. The number of halogens is 1. The molecule has 1 aromatic carbocycles. The summed E-state index contributed by atoms with van der Waals surface area (Å²) in [4.78, 5) is 11.8. The summed E-state index contributed by atoms with van der Waals surface area (Å²) in [6, 6.07) is 5.90. The summed E-state index contributed by atoms with van der Waals surface area (Å²) in [6.45, 7) is 4.05. The quantitative estimate of drug-likeness (QED) is 0.677. The maximum Gasteiger partial charge on any atom is 0.361 e. The number of nitrogens with one attached hydrogen (secondary N) is 1. The topological polar surface area (TPSA) is 67.9 Å². The van der Waals surface area contributed by atoms with Gasteiger partial charge in [0.25, 0.3) is 0 Å². The first-order valence-electron chi connectivity index (χ1n) is 5.48. The maximum absolute atomic E-state index is 11.8. The smallest absolute Gasteiger partial charge is 0.361 e. The molecule has 0 atom stereocenters. The number of hydrogen-bond acceptors (Lipinski definition) is 4. The Morgan fingerprint density at radius 3 is 2.89 bits per heavy atom. The summed E-state index contributed by atoms with van der Waals surface area (Å²) < 4.78 is 5.98.